The van der Waals surface area contributed by atoms with Gasteiger partial charge in [-0.1, -0.05) is 24.3 Å². The molecular weight excluding hydrogens is 115 g/mol. The zero-order valence-corrected chi connectivity index (χ0v) is 5.76. The fourth-order valence-electron chi connectivity index (χ4n) is 0.355. The molecule has 0 aliphatic heterocycles. The van der Waals surface area contributed by atoms with Crippen LogP contribution in [0.4, 0.5) is 4.39 Å². The zero-order chi connectivity index (χ0) is 7.11. The molecule has 0 heterocycles. The van der Waals surface area contributed by atoms with Crippen molar-refractivity contribution in [2.45, 2.75) is 13.8 Å². The second-order valence-corrected chi connectivity index (χ2v) is 1.56. The van der Waals surface area contributed by atoms with E-state index in [9.17, 15) is 4.39 Å². The molecule has 0 aromatic carbocycles. The minimum atomic E-state index is -0.201. The van der Waals surface area contributed by atoms with Gasteiger partial charge in [-0.2, -0.15) is 0 Å². The van der Waals surface area contributed by atoms with Crippen molar-refractivity contribution in [1.29, 1.82) is 0 Å². The number of hydrogen-bond acceptors (Lipinski definition) is 0. The van der Waals surface area contributed by atoms with Crippen LogP contribution in [0.3, 0.4) is 0 Å². The first kappa shape index (κ1) is 8.15. The van der Waals surface area contributed by atoms with E-state index in [2.05, 4.69) is 0 Å². The van der Waals surface area contributed by atoms with Crippen molar-refractivity contribution >= 4 is 0 Å². The molecule has 0 aliphatic rings. The Labute approximate surface area is 55.4 Å². The summed E-state index contributed by atoms with van der Waals surface area (Å²) >= 11 is 0. The molecule has 0 aliphatic carbocycles. The summed E-state index contributed by atoms with van der Waals surface area (Å²) in [5.41, 5.74) is 0. The van der Waals surface area contributed by atoms with Crippen molar-refractivity contribution in [2.24, 2.45) is 0 Å². The van der Waals surface area contributed by atoms with Gasteiger partial charge in [-0.25, -0.2) is 4.39 Å². The lowest BCUT2D eigenvalue weighted by Gasteiger charge is -1.78. The van der Waals surface area contributed by atoms with Crippen molar-refractivity contribution in [1.82, 2.24) is 0 Å². The van der Waals surface area contributed by atoms with Crippen LogP contribution in [-0.4, -0.2) is 0 Å². The van der Waals surface area contributed by atoms with Gasteiger partial charge in [0.05, 0.1) is 0 Å². The van der Waals surface area contributed by atoms with Crippen LogP contribution in [0.2, 0.25) is 0 Å². The fourth-order valence-corrected chi connectivity index (χ4v) is 0.355. The van der Waals surface area contributed by atoms with Gasteiger partial charge in [0.25, 0.3) is 0 Å². The largest absolute Gasteiger partial charge is 0.207 e. The van der Waals surface area contributed by atoms with Gasteiger partial charge in [0, 0.05) is 0 Å². The zero-order valence-electron chi connectivity index (χ0n) is 5.76. The Morgan fingerprint density at radius 3 is 2.33 bits per heavy atom. The molecule has 0 spiro atoms. The average Bonchev–Trinajstić information content (AvgIpc) is 1.89. The van der Waals surface area contributed by atoms with E-state index in [1.807, 2.05) is 13.0 Å². The number of halogens is 1. The predicted molar refractivity (Wildman–Crippen MR) is 38.8 cm³/mol. The van der Waals surface area contributed by atoms with Crippen LogP contribution in [0, 0.1) is 0 Å². The summed E-state index contributed by atoms with van der Waals surface area (Å²) in [6, 6.07) is 0. The Kier molecular flexibility index (Phi) is 4.79. The van der Waals surface area contributed by atoms with E-state index in [0.717, 1.165) is 0 Å². The lowest BCUT2D eigenvalue weighted by Crippen LogP contribution is -1.59. The molecule has 1 heteroatoms. The molecule has 0 atom stereocenters. The molecule has 0 aromatic heterocycles. The highest BCUT2D eigenvalue weighted by atomic mass is 19.1. The molecule has 0 unspecified atom stereocenters. The lowest BCUT2D eigenvalue weighted by molar-refractivity contribution is 0.665. The van der Waals surface area contributed by atoms with Gasteiger partial charge in [-0.15, -0.1) is 0 Å². The normalized spacial score (nSPS) is 13.9. The summed E-state index contributed by atoms with van der Waals surface area (Å²) in [5.74, 6) is -0.201. The van der Waals surface area contributed by atoms with Crippen LogP contribution in [-0.2, 0) is 0 Å². The van der Waals surface area contributed by atoms with Crippen LogP contribution in [0.1, 0.15) is 13.8 Å². The maximum Gasteiger partial charge on any atom is 0.118 e. The minimum absolute atomic E-state index is 0.201. The molecule has 50 valence electrons. The summed E-state index contributed by atoms with van der Waals surface area (Å²) in [6.07, 6.45) is 8.12. The van der Waals surface area contributed by atoms with E-state index in [-0.39, 0.29) is 5.83 Å². The Morgan fingerprint density at radius 1 is 1.22 bits per heavy atom. The highest BCUT2D eigenvalue weighted by Gasteiger charge is 1.77. The SMILES string of the molecule is C/C=C(F)/C=C\C=C\C. The molecule has 0 aromatic rings. The summed E-state index contributed by atoms with van der Waals surface area (Å²) in [4.78, 5) is 0. The molecule has 0 saturated heterocycles. The Bertz CT molecular complexity index is 141. The lowest BCUT2D eigenvalue weighted by atomic mass is 10.4. The van der Waals surface area contributed by atoms with Crippen LogP contribution in [0.25, 0.3) is 0 Å². The third-order valence-corrected chi connectivity index (χ3v) is 0.835. The third kappa shape index (κ3) is 5.01. The van der Waals surface area contributed by atoms with E-state index in [4.69, 9.17) is 0 Å². The smallest absolute Gasteiger partial charge is 0.118 e. The van der Waals surface area contributed by atoms with Crippen molar-refractivity contribution in [3.05, 3.63) is 36.2 Å². The fraction of sp³-hybridized carbons (Fsp3) is 0.250. The molecule has 0 radical (unpaired) electrons. The van der Waals surface area contributed by atoms with E-state index >= 15 is 0 Å². The minimum Gasteiger partial charge on any atom is -0.207 e. The summed E-state index contributed by atoms with van der Waals surface area (Å²) in [7, 11) is 0. The molecule has 0 rings (SSSR count). The van der Waals surface area contributed by atoms with Gasteiger partial charge in [0.15, 0.2) is 0 Å². The highest BCUT2D eigenvalue weighted by molar-refractivity contribution is 5.15. The quantitative estimate of drug-likeness (QED) is 0.499. The van der Waals surface area contributed by atoms with Gasteiger partial charge in [0.1, 0.15) is 5.83 Å². The number of hydrogen-bond donors (Lipinski definition) is 0. The summed E-state index contributed by atoms with van der Waals surface area (Å²) < 4.78 is 12.2. The van der Waals surface area contributed by atoms with Gasteiger partial charge in [-0.3, -0.25) is 0 Å². The van der Waals surface area contributed by atoms with Gasteiger partial charge in [-0.05, 0) is 19.9 Å². The molecular formula is C8H11F. The second-order valence-electron chi connectivity index (χ2n) is 1.56. The van der Waals surface area contributed by atoms with Crippen LogP contribution >= 0.6 is 0 Å². The Balaban J connectivity index is 3.71. The molecule has 0 nitrogen and oxygen atoms in total. The predicted octanol–water partition coefficient (Wildman–Crippen LogP) is 2.99. The maximum atomic E-state index is 12.2. The van der Waals surface area contributed by atoms with Crippen molar-refractivity contribution in [3.63, 3.8) is 0 Å². The molecule has 0 saturated carbocycles. The van der Waals surface area contributed by atoms with E-state index in [1.165, 1.54) is 12.2 Å². The van der Waals surface area contributed by atoms with Crippen molar-refractivity contribution in [3.8, 4) is 0 Å². The van der Waals surface area contributed by atoms with Crippen molar-refractivity contribution < 1.29 is 4.39 Å². The van der Waals surface area contributed by atoms with Gasteiger partial charge < -0.3 is 0 Å². The molecule has 9 heavy (non-hydrogen) atoms. The van der Waals surface area contributed by atoms with Gasteiger partial charge >= 0.3 is 0 Å². The first-order valence-electron chi connectivity index (χ1n) is 2.92. The molecule has 0 N–H and O–H groups in total. The van der Waals surface area contributed by atoms with Crippen LogP contribution < -0.4 is 0 Å². The monoisotopic (exact) mass is 126 g/mol. The summed E-state index contributed by atoms with van der Waals surface area (Å²) in [5, 5.41) is 0. The van der Waals surface area contributed by atoms with Gasteiger partial charge in [0.2, 0.25) is 0 Å². The number of rotatable bonds is 2. The molecule has 0 fully saturated rings. The second kappa shape index (κ2) is 5.29. The Hall–Kier alpha value is -0.850. The van der Waals surface area contributed by atoms with E-state index < -0.39 is 0 Å². The number of allylic oxidation sites excluding steroid dienone is 6. The van der Waals surface area contributed by atoms with E-state index in [1.54, 1.807) is 19.1 Å². The summed E-state index contributed by atoms with van der Waals surface area (Å²) in [6.45, 7) is 3.55. The first-order valence-corrected chi connectivity index (χ1v) is 2.92. The van der Waals surface area contributed by atoms with Crippen LogP contribution in [0.5, 0.6) is 0 Å². The van der Waals surface area contributed by atoms with Crippen molar-refractivity contribution in [2.75, 3.05) is 0 Å². The first-order chi connectivity index (χ1) is 4.31. The molecule has 0 amide bonds. The maximum absolute atomic E-state index is 12.2. The Morgan fingerprint density at radius 2 is 1.89 bits per heavy atom. The molecule has 0 bridgehead atoms. The highest BCUT2D eigenvalue weighted by Crippen LogP contribution is 1.96. The average molecular weight is 126 g/mol. The van der Waals surface area contributed by atoms with Crippen LogP contribution in [0.15, 0.2) is 36.2 Å². The topological polar surface area (TPSA) is 0 Å². The third-order valence-electron chi connectivity index (χ3n) is 0.835. The standard InChI is InChI=1S/C8H11F/c1-3-5-6-7-8(9)4-2/h3-7H,1-2H3/b5-3+,7-6-,8-4-. The van der Waals surface area contributed by atoms with E-state index in [0.29, 0.717) is 0 Å².